The zero-order valence-electron chi connectivity index (χ0n) is 18.1. The summed E-state index contributed by atoms with van der Waals surface area (Å²) in [6, 6.07) is 11.8. The monoisotopic (exact) mass is 486 g/mol. The number of fused-ring (bicyclic) bond motifs is 2. The molecule has 3 N–H and O–H groups in total. The van der Waals surface area contributed by atoms with Gasteiger partial charge in [0.25, 0.3) is 0 Å². The molecule has 34 heavy (non-hydrogen) atoms. The molecule has 0 aliphatic carbocycles. The smallest absolute Gasteiger partial charge is 0.161 e. The Bertz CT molecular complexity index is 1630. The van der Waals surface area contributed by atoms with Gasteiger partial charge in [0.05, 0.1) is 25.9 Å². The number of nitrogens with one attached hydrogen (secondary N) is 3. The third-order valence-corrected chi connectivity index (χ3v) is 6.75. The summed E-state index contributed by atoms with van der Waals surface area (Å²) in [5.41, 5.74) is 7.54. The van der Waals surface area contributed by atoms with Crippen molar-refractivity contribution in [1.29, 1.82) is 0 Å². The number of imidazole rings is 1. The fourth-order valence-electron chi connectivity index (χ4n) is 3.89. The highest BCUT2D eigenvalue weighted by atomic mass is 35.5. The Labute approximate surface area is 203 Å². The molecule has 0 unspecified atom stereocenters. The zero-order chi connectivity index (χ0) is 23.1. The van der Waals surface area contributed by atoms with Crippen molar-refractivity contribution in [2.45, 2.75) is 13.5 Å². The molecular formula is C24H19ClN8S. The number of pyridine rings is 3. The molecule has 0 aromatic carbocycles. The van der Waals surface area contributed by atoms with Crippen LogP contribution < -0.4 is 5.32 Å². The van der Waals surface area contributed by atoms with Crippen molar-refractivity contribution in [2.24, 2.45) is 0 Å². The minimum absolute atomic E-state index is 0.627. The molecule has 0 saturated carbocycles. The van der Waals surface area contributed by atoms with Crippen LogP contribution in [0.3, 0.4) is 0 Å². The van der Waals surface area contributed by atoms with E-state index in [9.17, 15) is 0 Å². The Kier molecular flexibility index (Phi) is 5.29. The predicted molar refractivity (Wildman–Crippen MR) is 136 cm³/mol. The fourth-order valence-corrected chi connectivity index (χ4v) is 4.93. The number of hydrogen-bond donors (Lipinski definition) is 3. The Hall–Kier alpha value is -3.66. The van der Waals surface area contributed by atoms with Gasteiger partial charge in [0.15, 0.2) is 11.5 Å². The van der Waals surface area contributed by atoms with Gasteiger partial charge in [0, 0.05) is 30.7 Å². The van der Waals surface area contributed by atoms with Crippen molar-refractivity contribution in [3.8, 4) is 33.3 Å². The fraction of sp³-hybridized carbons (Fsp3) is 0.125. The number of rotatable bonds is 6. The number of aromatic amines is 2. The van der Waals surface area contributed by atoms with E-state index in [1.807, 2.05) is 42.7 Å². The molecule has 0 aliphatic rings. The summed E-state index contributed by atoms with van der Waals surface area (Å²) in [7, 11) is 0. The second-order valence-corrected chi connectivity index (χ2v) is 9.49. The maximum Gasteiger partial charge on any atom is 0.161 e. The average molecular weight is 487 g/mol. The van der Waals surface area contributed by atoms with Crippen LogP contribution in [-0.4, -0.2) is 41.7 Å². The van der Waals surface area contributed by atoms with Gasteiger partial charge in [-0.05, 0) is 48.5 Å². The zero-order valence-corrected chi connectivity index (χ0v) is 19.7. The van der Waals surface area contributed by atoms with Crippen LogP contribution in [0.4, 0.5) is 0 Å². The highest BCUT2D eigenvalue weighted by molar-refractivity contribution is 7.19. The lowest BCUT2D eigenvalue weighted by Gasteiger charge is -2.05. The molecule has 6 heterocycles. The maximum absolute atomic E-state index is 6.15. The lowest BCUT2D eigenvalue weighted by atomic mass is 10.1. The van der Waals surface area contributed by atoms with Crippen LogP contribution in [-0.2, 0) is 6.54 Å². The van der Waals surface area contributed by atoms with Crippen LogP contribution in [0.5, 0.6) is 0 Å². The van der Waals surface area contributed by atoms with E-state index in [2.05, 4.69) is 43.5 Å². The quantitative estimate of drug-likeness (QED) is 0.289. The summed E-state index contributed by atoms with van der Waals surface area (Å²) in [4.78, 5) is 23.0. The molecule has 10 heteroatoms. The van der Waals surface area contributed by atoms with Crippen molar-refractivity contribution in [2.75, 3.05) is 6.54 Å². The molecule has 6 rings (SSSR count). The maximum atomic E-state index is 6.15. The van der Waals surface area contributed by atoms with E-state index < -0.39 is 0 Å². The van der Waals surface area contributed by atoms with Crippen molar-refractivity contribution in [3.05, 3.63) is 64.9 Å². The number of nitrogens with zero attached hydrogens (tertiary/aromatic N) is 5. The van der Waals surface area contributed by atoms with Gasteiger partial charge in [-0.3, -0.25) is 15.1 Å². The van der Waals surface area contributed by atoms with E-state index >= 15 is 0 Å². The van der Waals surface area contributed by atoms with Gasteiger partial charge >= 0.3 is 0 Å². The van der Waals surface area contributed by atoms with E-state index in [1.54, 1.807) is 6.20 Å². The van der Waals surface area contributed by atoms with E-state index in [4.69, 9.17) is 21.6 Å². The highest BCUT2D eigenvalue weighted by Gasteiger charge is 2.18. The van der Waals surface area contributed by atoms with Gasteiger partial charge in [0.2, 0.25) is 0 Å². The molecule has 0 spiro atoms. The van der Waals surface area contributed by atoms with E-state index in [0.717, 1.165) is 62.5 Å². The first-order chi connectivity index (χ1) is 16.7. The van der Waals surface area contributed by atoms with E-state index in [-0.39, 0.29) is 0 Å². The molecule has 168 valence electrons. The van der Waals surface area contributed by atoms with Crippen LogP contribution in [0.15, 0.2) is 55.0 Å². The van der Waals surface area contributed by atoms with Gasteiger partial charge in [-0.1, -0.05) is 18.5 Å². The molecule has 0 amide bonds. The highest BCUT2D eigenvalue weighted by Crippen LogP contribution is 2.35. The van der Waals surface area contributed by atoms with Crippen molar-refractivity contribution in [3.63, 3.8) is 0 Å². The minimum atomic E-state index is 0.627. The van der Waals surface area contributed by atoms with Crippen LogP contribution in [0, 0.1) is 0 Å². The molecule has 0 saturated heterocycles. The van der Waals surface area contributed by atoms with Gasteiger partial charge in [0.1, 0.15) is 16.7 Å². The summed E-state index contributed by atoms with van der Waals surface area (Å²) in [5, 5.41) is 10.9. The van der Waals surface area contributed by atoms with Crippen LogP contribution >= 0.6 is 22.9 Å². The Balaban J connectivity index is 1.44. The van der Waals surface area contributed by atoms with Gasteiger partial charge < -0.3 is 10.3 Å². The minimum Gasteiger partial charge on any atom is -0.336 e. The van der Waals surface area contributed by atoms with Gasteiger partial charge in [-0.2, -0.15) is 5.10 Å². The SMILES string of the molecule is CCNCc1cncc(-c2ccc3[nH]nc(-c4nc5c(-c6ccc(Cl)s6)nccc5[nH]4)c3n2)c1. The number of H-pyrrole nitrogens is 2. The Morgan fingerprint density at radius 1 is 1.00 bits per heavy atom. The predicted octanol–water partition coefficient (Wildman–Crippen LogP) is 5.45. The molecule has 0 atom stereocenters. The van der Waals surface area contributed by atoms with Crippen molar-refractivity contribution in [1.82, 2.24) is 40.4 Å². The summed E-state index contributed by atoms with van der Waals surface area (Å²) in [6.45, 7) is 3.75. The number of aromatic nitrogens is 7. The normalized spacial score (nSPS) is 11.6. The molecular weight excluding hydrogens is 468 g/mol. The average Bonchev–Trinajstić information content (AvgIpc) is 3.59. The van der Waals surface area contributed by atoms with E-state index in [1.165, 1.54) is 11.3 Å². The molecule has 0 fully saturated rings. The Morgan fingerprint density at radius 2 is 1.91 bits per heavy atom. The number of hydrogen-bond acceptors (Lipinski definition) is 7. The summed E-state index contributed by atoms with van der Waals surface area (Å²) in [6.07, 6.45) is 5.46. The van der Waals surface area contributed by atoms with Crippen LogP contribution in [0.25, 0.3) is 55.4 Å². The molecule has 8 nitrogen and oxygen atoms in total. The second-order valence-electron chi connectivity index (χ2n) is 7.77. The number of thiophene rings is 1. The van der Waals surface area contributed by atoms with Crippen molar-refractivity contribution < 1.29 is 0 Å². The first kappa shape index (κ1) is 20.9. The third-order valence-electron chi connectivity index (χ3n) is 5.51. The standard InChI is InChI=1S/C24H19ClN8S/c1-2-26-10-13-9-14(12-27-11-13)15-3-4-17-21(29-15)23(33-32-17)24-30-16-7-8-28-22(20(16)31-24)18-5-6-19(25)34-18/h3-9,11-12,26H,2,10H2,1H3,(H,30,31)(H,32,33). The van der Waals surface area contributed by atoms with Gasteiger partial charge in [-0.15, -0.1) is 11.3 Å². The summed E-state index contributed by atoms with van der Waals surface area (Å²) in [5.74, 6) is 0.627. The lowest BCUT2D eigenvalue weighted by Crippen LogP contribution is -2.11. The molecule has 0 aliphatic heterocycles. The summed E-state index contributed by atoms with van der Waals surface area (Å²) < 4.78 is 0.712. The molecule has 6 aromatic rings. The van der Waals surface area contributed by atoms with E-state index in [0.29, 0.717) is 15.9 Å². The van der Waals surface area contributed by atoms with Gasteiger partial charge in [-0.25, -0.2) is 9.97 Å². The first-order valence-electron chi connectivity index (χ1n) is 10.8. The molecule has 0 bridgehead atoms. The molecule has 6 aromatic heterocycles. The second kappa shape index (κ2) is 8.60. The Morgan fingerprint density at radius 3 is 2.76 bits per heavy atom. The lowest BCUT2D eigenvalue weighted by molar-refractivity contribution is 0.724. The van der Waals surface area contributed by atoms with Crippen LogP contribution in [0.1, 0.15) is 12.5 Å². The molecule has 0 radical (unpaired) electrons. The largest absolute Gasteiger partial charge is 0.336 e. The number of halogens is 1. The van der Waals surface area contributed by atoms with Crippen LogP contribution in [0.2, 0.25) is 4.34 Å². The topological polar surface area (TPSA) is 108 Å². The van der Waals surface area contributed by atoms with Crippen molar-refractivity contribution >= 4 is 45.0 Å². The third kappa shape index (κ3) is 3.73. The first-order valence-corrected chi connectivity index (χ1v) is 12.0. The summed E-state index contributed by atoms with van der Waals surface area (Å²) >= 11 is 7.62.